The molecule has 0 amide bonds. The molecule has 5 heteroatoms. The summed E-state index contributed by atoms with van der Waals surface area (Å²) in [4.78, 5) is 11.5. The first-order chi connectivity index (χ1) is 15.7. The van der Waals surface area contributed by atoms with Gasteiger partial charge < -0.3 is 20.4 Å². The third kappa shape index (κ3) is 5.12. The van der Waals surface area contributed by atoms with Crippen LogP contribution in [0.15, 0.2) is 47.6 Å². The second-order valence-electron chi connectivity index (χ2n) is 12.3. The van der Waals surface area contributed by atoms with Crippen molar-refractivity contribution in [1.29, 1.82) is 0 Å². The molecule has 6 atom stereocenters. The zero-order valence-electron chi connectivity index (χ0n) is 21.6. The van der Waals surface area contributed by atoms with E-state index in [1.54, 1.807) is 19.9 Å². The molecule has 0 aromatic rings. The lowest BCUT2D eigenvalue weighted by Gasteiger charge is -2.47. The van der Waals surface area contributed by atoms with Crippen LogP contribution in [-0.4, -0.2) is 44.7 Å². The molecule has 3 fully saturated rings. The van der Waals surface area contributed by atoms with Crippen molar-refractivity contribution in [3.8, 4) is 0 Å². The van der Waals surface area contributed by atoms with Crippen molar-refractivity contribution in [3.63, 3.8) is 0 Å². The van der Waals surface area contributed by atoms with E-state index in [4.69, 9.17) is 0 Å². The first kappa shape index (κ1) is 26.9. The number of aliphatic carboxylic acids is 1. The van der Waals surface area contributed by atoms with Crippen LogP contribution < -0.4 is 0 Å². The minimum absolute atomic E-state index is 0.131. The van der Waals surface area contributed by atoms with Gasteiger partial charge in [-0.1, -0.05) is 57.2 Å². The maximum atomic E-state index is 11.5. The molecule has 0 spiro atoms. The lowest BCUT2D eigenvalue weighted by Crippen LogP contribution is -2.40. The third-order valence-electron chi connectivity index (χ3n) is 9.13. The quantitative estimate of drug-likeness (QED) is 0.399. The summed E-state index contributed by atoms with van der Waals surface area (Å²) in [5.41, 5.74) is 1.83. The van der Waals surface area contributed by atoms with E-state index >= 15 is 0 Å². The Balaban J connectivity index is 1.81. The average molecular weight is 473 g/mol. The molecular weight excluding hydrogens is 428 g/mol. The SMILES string of the molecule is C=C1C(=CC=C2CCC[C@]3(C)[C@@H](C(C)(C)C=C[C@@H](O)C(C)(C)C(=O)O)CC[C@@H]23)C[C@@H](O)C[C@@H]1O. The molecule has 3 saturated carbocycles. The number of carbonyl (C=O) groups is 1. The molecule has 0 aromatic heterocycles. The normalized spacial score (nSPS) is 36.3. The summed E-state index contributed by atoms with van der Waals surface area (Å²) in [6, 6.07) is 0. The van der Waals surface area contributed by atoms with Crippen LogP contribution >= 0.6 is 0 Å². The highest BCUT2D eigenvalue weighted by Gasteiger charge is 2.53. The average Bonchev–Trinajstić information content (AvgIpc) is 3.11. The van der Waals surface area contributed by atoms with Crippen molar-refractivity contribution >= 4 is 5.97 Å². The fourth-order valence-electron chi connectivity index (χ4n) is 6.75. The second-order valence-corrected chi connectivity index (χ2v) is 12.3. The van der Waals surface area contributed by atoms with E-state index in [0.29, 0.717) is 24.7 Å². The predicted molar refractivity (Wildman–Crippen MR) is 135 cm³/mol. The van der Waals surface area contributed by atoms with Crippen molar-refractivity contribution < 1.29 is 25.2 Å². The van der Waals surface area contributed by atoms with Crippen LogP contribution in [0.25, 0.3) is 0 Å². The van der Waals surface area contributed by atoms with Crippen LogP contribution in [-0.2, 0) is 4.79 Å². The zero-order valence-corrected chi connectivity index (χ0v) is 21.6. The lowest BCUT2D eigenvalue weighted by molar-refractivity contribution is -0.151. The molecule has 0 aromatic carbocycles. The van der Waals surface area contributed by atoms with Crippen LogP contribution in [0.2, 0.25) is 0 Å². The van der Waals surface area contributed by atoms with Crippen LogP contribution in [0.5, 0.6) is 0 Å². The van der Waals surface area contributed by atoms with E-state index < -0.39 is 29.7 Å². The molecule has 0 radical (unpaired) electrons. The molecule has 0 unspecified atom stereocenters. The van der Waals surface area contributed by atoms with Gasteiger partial charge in [-0.25, -0.2) is 0 Å². The van der Waals surface area contributed by atoms with E-state index in [-0.39, 0.29) is 10.8 Å². The van der Waals surface area contributed by atoms with E-state index in [9.17, 15) is 25.2 Å². The molecule has 0 saturated heterocycles. The molecular formula is C29H44O5. The first-order valence-corrected chi connectivity index (χ1v) is 12.8. The number of carboxylic acid groups (broad SMARTS) is 1. The molecule has 190 valence electrons. The van der Waals surface area contributed by atoms with Crippen molar-refractivity contribution in [3.05, 3.63) is 47.6 Å². The van der Waals surface area contributed by atoms with Crippen molar-refractivity contribution in [2.45, 2.75) is 97.9 Å². The highest BCUT2D eigenvalue weighted by molar-refractivity contribution is 5.74. The summed E-state index contributed by atoms with van der Waals surface area (Å²) < 4.78 is 0. The van der Waals surface area contributed by atoms with Gasteiger partial charge in [-0.2, -0.15) is 0 Å². The van der Waals surface area contributed by atoms with Gasteiger partial charge in [-0.15, -0.1) is 0 Å². The Hall–Kier alpha value is -1.69. The molecule has 34 heavy (non-hydrogen) atoms. The molecule has 3 rings (SSSR count). The summed E-state index contributed by atoms with van der Waals surface area (Å²) in [6.45, 7) is 14.0. The number of aliphatic hydroxyl groups excluding tert-OH is 3. The maximum Gasteiger partial charge on any atom is 0.312 e. The molecule has 4 N–H and O–H groups in total. The number of hydrogen-bond acceptors (Lipinski definition) is 4. The van der Waals surface area contributed by atoms with E-state index in [0.717, 1.165) is 43.3 Å². The summed E-state index contributed by atoms with van der Waals surface area (Å²) >= 11 is 0. The highest BCUT2D eigenvalue weighted by Crippen LogP contribution is 2.62. The molecule has 5 nitrogen and oxygen atoms in total. The highest BCUT2D eigenvalue weighted by atomic mass is 16.4. The Kier molecular flexibility index (Phi) is 7.72. The van der Waals surface area contributed by atoms with Gasteiger partial charge in [0, 0.05) is 6.42 Å². The Morgan fingerprint density at radius 1 is 1.18 bits per heavy atom. The van der Waals surface area contributed by atoms with E-state index in [1.807, 2.05) is 6.08 Å². The van der Waals surface area contributed by atoms with E-state index in [2.05, 4.69) is 39.5 Å². The van der Waals surface area contributed by atoms with Gasteiger partial charge in [0.15, 0.2) is 0 Å². The summed E-state index contributed by atoms with van der Waals surface area (Å²) in [7, 11) is 0. The van der Waals surface area contributed by atoms with Crippen LogP contribution in [0.1, 0.15) is 79.6 Å². The van der Waals surface area contributed by atoms with Gasteiger partial charge in [0.2, 0.25) is 0 Å². The van der Waals surface area contributed by atoms with Crippen molar-refractivity contribution in [1.82, 2.24) is 0 Å². The monoisotopic (exact) mass is 472 g/mol. The lowest BCUT2D eigenvalue weighted by atomic mass is 9.57. The molecule has 0 aliphatic heterocycles. The Labute approximate surface area is 205 Å². The number of carboxylic acids is 1. The topological polar surface area (TPSA) is 98.0 Å². The molecule has 3 aliphatic carbocycles. The molecule has 0 bridgehead atoms. The third-order valence-corrected chi connectivity index (χ3v) is 9.13. The minimum Gasteiger partial charge on any atom is -0.481 e. The van der Waals surface area contributed by atoms with E-state index in [1.165, 1.54) is 5.57 Å². The largest absolute Gasteiger partial charge is 0.481 e. The minimum atomic E-state index is -1.23. The molecule has 3 aliphatic rings. The van der Waals surface area contributed by atoms with Gasteiger partial charge in [0.25, 0.3) is 0 Å². The summed E-state index contributed by atoms with van der Waals surface area (Å²) in [6.07, 6.45) is 12.2. The predicted octanol–water partition coefficient (Wildman–Crippen LogP) is 5.18. The molecule has 0 heterocycles. The fourth-order valence-corrected chi connectivity index (χ4v) is 6.75. The van der Waals surface area contributed by atoms with Gasteiger partial charge in [-0.3, -0.25) is 4.79 Å². The first-order valence-electron chi connectivity index (χ1n) is 12.8. The Morgan fingerprint density at radius 2 is 1.85 bits per heavy atom. The Morgan fingerprint density at radius 3 is 2.50 bits per heavy atom. The van der Waals surface area contributed by atoms with Crippen LogP contribution in [0.4, 0.5) is 0 Å². The van der Waals surface area contributed by atoms with Crippen molar-refractivity contribution in [2.24, 2.45) is 28.1 Å². The second kappa shape index (κ2) is 9.75. The van der Waals surface area contributed by atoms with Crippen molar-refractivity contribution in [2.75, 3.05) is 0 Å². The Bertz CT molecular complexity index is 892. The maximum absolute atomic E-state index is 11.5. The standard InChI is InChI=1S/C29H44O5/c1-18-20(16-21(30)17-23(18)31)10-9-19-8-7-14-29(6)22(19)11-12-24(29)27(2,3)15-13-25(32)28(4,5)26(33)34/h9-10,13,15,21-25,30-32H,1,7-8,11-12,14,16-17H2,2-6H3,(H,33,34)/t21-,22+,23+,24-,25-,29+/m1/s1. The summed E-state index contributed by atoms with van der Waals surface area (Å²) in [5.74, 6) is -0.110. The number of aliphatic hydroxyl groups is 3. The number of allylic oxidation sites excluding steroid dienone is 4. The zero-order chi connectivity index (χ0) is 25.5. The van der Waals surface area contributed by atoms with Gasteiger partial charge in [-0.05, 0) is 86.2 Å². The fraction of sp³-hybridized carbons (Fsp3) is 0.690. The number of fused-ring (bicyclic) bond motifs is 1. The van der Waals surface area contributed by atoms with Gasteiger partial charge in [0.05, 0.1) is 23.7 Å². The summed E-state index contributed by atoms with van der Waals surface area (Å²) in [5, 5.41) is 40.2. The van der Waals surface area contributed by atoms with Crippen LogP contribution in [0.3, 0.4) is 0 Å². The van der Waals surface area contributed by atoms with Gasteiger partial charge in [0.1, 0.15) is 0 Å². The number of rotatable bonds is 6. The van der Waals surface area contributed by atoms with Crippen LogP contribution in [0, 0.1) is 28.1 Å². The van der Waals surface area contributed by atoms with Gasteiger partial charge >= 0.3 is 5.97 Å². The number of hydrogen-bond donors (Lipinski definition) is 4. The smallest absolute Gasteiger partial charge is 0.312 e.